The Labute approximate surface area is 88.2 Å². The SMILES string of the molecule is C/C=C\C(O)C1C(C)CCCC1(C)C. The zero-order valence-corrected chi connectivity index (χ0v) is 9.96. The maximum atomic E-state index is 10.1. The number of hydrogen-bond acceptors (Lipinski definition) is 1. The average Bonchev–Trinajstić information content (AvgIpc) is 2.02. The summed E-state index contributed by atoms with van der Waals surface area (Å²) < 4.78 is 0. The summed E-state index contributed by atoms with van der Waals surface area (Å²) in [4.78, 5) is 0. The fraction of sp³-hybridized carbons (Fsp3) is 0.846. The molecule has 0 radical (unpaired) electrons. The fourth-order valence-electron chi connectivity index (χ4n) is 3.11. The van der Waals surface area contributed by atoms with E-state index in [9.17, 15) is 5.11 Å². The van der Waals surface area contributed by atoms with Gasteiger partial charge in [0.05, 0.1) is 6.10 Å². The molecule has 1 fully saturated rings. The molecular weight excluding hydrogens is 172 g/mol. The fourth-order valence-corrected chi connectivity index (χ4v) is 3.11. The Balaban J connectivity index is 2.79. The molecule has 0 saturated heterocycles. The molecule has 0 heterocycles. The Hall–Kier alpha value is -0.300. The summed E-state index contributed by atoms with van der Waals surface area (Å²) in [5.41, 5.74) is 0.288. The van der Waals surface area contributed by atoms with Crippen LogP contribution in [0.2, 0.25) is 0 Å². The van der Waals surface area contributed by atoms with Gasteiger partial charge in [-0.2, -0.15) is 0 Å². The highest BCUT2D eigenvalue weighted by atomic mass is 16.3. The molecule has 1 saturated carbocycles. The van der Waals surface area contributed by atoms with Crippen LogP contribution < -0.4 is 0 Å². The minimum absolute atomic E-state index is 0.259. The van der Waals surface area contributed by atoms with E-state index in [2.05, 4.69) is 20.8 Å². The molecule has 0 amide bonds. The summed E-state index contributed by atoms with van der Waals surface area (Å²) in [6.45, 7) is 8.84. The molecule has 1 N–H and O–H groups in total. The van der Waals surface area contributed by atoms with Crippen LogP contribution in [-0.4, -0.2) is 11.2 Å². The van der Waals surface area contributed by atoms with Gasteiger partial charge in [0.2, 0.25) is 0 Å². The van der Waals surface area contributed by atoms with Crippen molar-refractivity contribution in [1.29, 1.82) is 0 Å². The summed E-state index contributed by atoms with van der Waals surface area (Å²) in [6, 6.07) is 0. The van der Waals surface area contributed by atoms with E-state index in [4.69, 9.17) is 0 Å². The first-order valence-electron chi connectivity index (χ1n) is 5.80. The van der Waals surface area contributed by atoms with Gasteiger partial charge in [-0.25, -0.2) is 0 Å². The normalized spacial score (nSPS) is 34.6. The van der Waals surface area contributed by atoms with Crippen molar-refractivity contribution >= 4 is 0 Å². The Morgan fingerprint density at radius 1 is 1.43 bits per heavy atom. The predicted octanol–water partition coefficient (Wildman–Crippen LogP) is 3.39. The lowest BCUT2D eigenvalue weighted by Crippen LogP contribution is -2.40. The molecule has 82 valence electrons. The van der Waals surface area contributed by atoms with E-state index in [0.29, 0.717) is 11.8 Å². The van der Waals surface area contributed by atoms with Crippen LogP contribution in [0.15, 0.2) is 12.2 Å². The average molecular weight is 196 g/mol. The van der Waals surface area contributed by atoms with Gasteiger partial charge < -0.3 is 5.11 Å². The molecule has 1 rings (SSSR count). The Bertz CT molecular complexity index is 205. The third-order valence-corrected chi connectivity index (χ3v) is 3.75. The first-order chi connectivity index (χ1) is 6.49. The molecule has 3 atom stereocenters. The first-order valence-corrected chi connectivity index (χ1v) is 5.80. The minimum Gasteiger partial charge on any atom is -0.389 e. The Morgan fingerprint density at radius 3 is 2.57 bits per heavy atom. The molecule has 14 heavy (non-hydrogen) atoms. The van der Waals surface area contributed by atoms with E-state index in [0.717, 1.165) is 0 Å². The minimum atomic E-state index is -0.259. The lowest BCUT2D eigenvalue weighted by atomic mass is 9.62. The Kier molecular flexibility index (Phi) is 3.77. The molecule has 1 heteroatoms. The molecule has 0 aliphatic heterocycles. The van der Waals surface area contributed by atoms with Crippen molar-refractivity contribution < 1.29 is 5.11 Å². The third kappa shape index (κ3) is 2.38. The van der Waals surface area contributed by atoms with Crippen molar-refractivity contribution in [2.24, 2.45) is 17.3 Å². The van der Waals surface area contributed by atoms with Gasteiger partial charge in [-0.3, -0.25) is 0 Å². The number of hydrogen-bond donors (Lipinski definition) is 1. The Morgan fingerprint density at radius 2 is 2.07 bits per heavy atom. The summed E-state index contributed by atoms with van der Waals surface area (Å²) in [7, 11) is 0. The third-order valence-electron chi connectivity index (χ3n) is 3.75. The van der Waals surface area contributed by atoms with Crippen LogP contribution in [0, 0.1) is 17.3 Å². The van der Waals surface area contributed by atoms with E-state index in [1.54, 1.807) is 0 Å². The highest BCUT2D eigenvalue weighted by Crippen LogP contribution is 2.45. The molecule has 0 bridgehead atoms. The van der Waals surface area contributed by atoms with Gasteiger partial charge in [0, 0.05) is 0 Å². The maximum Gasteiger partial charge on any atom is 0.0756 e. The highest BCUT2D eigenvalue weighted by molar-refractivity contribution is 4.98. The number of allylic oxidation sites excluding steroid dienone is 1. The quantitative estimate of drug-likeness (QED) is 0.671. The highest BCUT2D eigenvalue weighted by Gasteiger charge is 2.39. The van der Waals surface area contributed by atoms with Crippen molar-refractivity contribution in [2.75, 3.05) is 0 Å². The topological polar surface area (TPSA) is 20.2 Å². The molecule has 1 nitrogen and oxygen atoms in total. The second-order valence-electron chi connectivity index (χ2n) is 5.40. The van der Waals surface area contributed by atoms with Crippen molar-refractivity contribution in [3.05, 3.63) is 12.2 Å². The van der Waals surface area contributed by atoms with Crippen LogP contribution in [0.5, 0.6) is 0 Å². The maximum absolute atomic E-state index is 10.1. The van der Waals surface area contributed by atoms with Crippen LogP contribution in [0.4, 0.5) is 0 Å². The molecular formula is C13H24O. The van der Waals surface area contributed by atoms with Gasteiger partial charge in [0.1, 0.15) is 0 Å². The smallest absolute Gasteiger partial charge is 0.0756 e. The zero-order valence-electron chi connectivity index (χ0n) is 9.96. The second-order valence-corrected chi connectivity index (χ2v) is 5.40. The number of rotatable bonds is 2. The van der Waals surface area contributed by atoms with Crippen LogP contribution in [-0.2, 0) is 0 Å². The van der Waals surface area contributed by atoms with E-state index >= 15 is 0 Å². The molecule has 3 unspecified atom stereocenters. The van der Waals surface area contributed by atoms with Crippen molar-refractivity contribution in [1.82, 2.24) is 0 Å². The number of aliphatic hydroxyl groups is 1. The van der Waals surface area contributed by atoms with Gasteiger partial charge in [-0.15, -0.1) is 0 Å². The zero-order chi connectivity index (χ0) is 10.8. The summed E-state index contributed by atoms with van der Waals surface area (Å²) in [5, 5.41) is 10.1. The standard InChI is InChI=1S/C13H24O/c1-5-7-11(14)12-10(2)8-6-9-13(12,3)4/h5,7,10-12,14H,6,8-9H2,1-4H3/b7-5-. The predicted molar refractivity (Wildman–Crippen MR) is 61.1 cm³/mol. The molecule has 1 aliphatic carbocycles. The molecule has 0 aromatic carbocycles. The van der Waals surface area contributed by atoms with Gasteiger partial charge in [-0.05, 0) is 30.6 Å². The van der Waals surface area contributed by atoms with Gasteiger partial charge >= 0.3 is 0 Å². The molecule has 0 spiro atoms. The molecule has 0 aromatic heterocycles. The van der Waals surface area contributed by atoms with Crippen LogP contribution in [0.1, 0.15) is 47.0 Å². The van der Waals surface area contributed by atoms with Gasteiger partial charge in [0.15, 0.2) is 0 Å². The van der Waals surface area contributed by atoms with Gasteiger partial charge in [-0.1, -0.05) is 45.8 Å². The summed E-state index contributed by atoms with van der Waals surface area (Å²) in [6.07, 6.45) is 7.47. The van der Waals surface area contributed by atoms with Crippen molar-refractivity contribution in [2.45, 2.75) is 53.1 Å². The molecule has 0 aromatic rings. The van der Waals surface area contributed by atoms with E-state index in [-0.39, 0.29) is 11.5 Å². The monoisotopic (exact) mass is 196 g/mol. The number of aliphatic hydroxyl groups excluding tert-OH is 1. The summed E-state index contributed by atoms with van der Waals surface area (Å²) >= 11 is 0. The van der Waals surface area contributed by atoms with Gasteiger partial charge in [0.25, 0.3) is 0 Å². The van der Waals surface area contributed by atoms with E-state index < -0.39 is 0 Å². The first kappa shape index (κ1) is 11.8. The summed E-state index contributed by atoms with van der Waals surface area (Å²) in [5.74, 6) is 1.07. The lowest BCUT2D eigenvalue weighted by Gasteiger charge is -2.44. The lowest BCUT2D eigenvalue weighted by molar-refractivity contribution is -0.00404. The molecule has 1 aliphatic rings. The van der Waals surface area contributed by atoms with Crippen molar-refractivity contribution in [3.8, 4) is 0 Å². The van der Waals surface area contributed by atoms with Crippen LogP contribution in [0.25, 0.3) is 0 Å². The largest absolute Gasteiger partial charge is 0.389 e. The second kappa shape index (κ2) is 4.48. The van der Waals surface area contributed by atoms with E-state index in [1.165, 1.54) is 19.3 Å². The van der Waals surface area contributed by atoms with E-state index in [1.807, 2.05) is 19.1 Å². The van der Waals surface area contributed by atoms with Crippen LogP contribution in [0.3, 0.4) is 0 Å². The van der Waals surface area contributed by atoms with Crippen molar-refractivity contribution in [3.63, 3.8) is 0 Å². The van der Waals surface area contributed by atoms with Crippen LogP contribution >= 0.6 is 0 Å².